The average molecular weight is 542 g/mol. The fourth-order valence-corrected chi connectivity index (χ4v) is 5.62. The van der Waals surface area contributed by atoms with Crippen molar-refractivity contribution in [1.29, 1.82) is 5.41 Å². The molecule has 9 heteroatoms. The van der Waals surface area contributed by atoms with Crippen LogP contribution in [-0.2, 0) is 33.8 Å². The molecule has 1 aromatic heterocycles. The number of para-hydroxylation sites is 1. The standard InChI is InChI=1S/C31H32N4O5/c1-19-5-3-6-25(27-7-4-8-28-33-30(26(14-32)31(36)37)40-20(2)35(27)28)29(19)39-16-21-9-10-23-15-34(24-17-38-18-24)12-11-22(23)13-21/h3-10,13-14,20,24,32H,11-12,15-18H2,1-2H3,(H,36,37)/p+1/b30-26-,32-14?. The maximum Gasteiger partial charge on any atom is 0.345 e. The molecule has 3 aliphatic rings. The molecular weight excluding hydrogens is 508 g/mol. The number of fused-ring (bicyclic) bond motifs is 2. The SMILES string of the molecule is Cc1cccc(-c2cccc3[n+]2C(C)O/C(=C(/C=N)C(=O)O)N3)c1OCc1ccc2c(c1)CCN(C1COC1)C2. The van der Waals surface area contributed by atoms with E-state index in [1.807, 2.05) is 54.8 Å². The molecule has 1 saturated heterocycles. The first kappa shape index (κ1) is 26.0. The lowest BCUT2D eigenvalue weighted by Crippen LogP contribution is -2.50. The van der Waals surface area contributed by atoms with E-state index in [-0.39, 0.29) is 11.5 Å². The van der Waals surface area contributed by atoms with Gasteiger partial charge in [-0.1, -0.05) is 30.3 Å². The third-order valence-electron chi connectivity index (χ3n) is 7.86. The lowest BCUT2D eigenvalue weighted by Gasteiger charge is -2.40. The third-order valence-corrected chi connectivity index (χ3v) is 7.86. The highest BCUT2D eigenvalue weighted by atomic mass is 16.5. The van der Waals surface area contributed by atoms with Gasteiger partial charge in [-0.15, -0.1) is 0 Å². The van der Waals surface area contributed by atoms with Crippen molar-refractivity contribution in [3.8, 4) is 17.0 Å². The van der Waals surface area contributed by atoms with Crippen molar-refractivity contribution in [1.82, 2.24) is 4.90 Å². The van der Waals surface area contributed by atoms with Crippen LogP contribution in [0.1, 0.15) is 35.4 Å². The summed E-state index contributed by atoms with van der Waals surface area (Å²) in [5, 5.41) is 20.0. The summed E-state index contributed by atoms with van der Waals surface area (Å²) in [4.78, 5) is 14.1. The van der Waals surface area contributed by atoms with Gasteiger partial charge in [0.15, 0.2) is 5.57 Å². The van der Waals surface area contributed by atoms with Crippen LogP contribution in [0.25, 0.3) is 11.3 Å². The molecule has 3 N–H and O–H groups in total. The van der Waals surface area contributed by atoms with Crippen molar-refractivity contribution in [3.05, 3.63) is 88.3 Å². The van der Waals surface area contributed by atoms with Gasteiger partial charge in [-0.3, -0.25) is 4.90 Å². The predicted octanol–water partition coefficient (Wildman–Crippen LogP) is 4.19. The summed E-state index contributed by atoms with van der Waals surface area (Å²) < 4.78 is 19.8. The van der Waals surface area contributed by atoms with Crippen molar-refractivity contribution >= 4 is 18.0 Å². The molecule has 0 amide bonds. The zero-order chi connectivity index (χ0) is 27.8. The van der Waals surface area contributed by atoms with Crippen LogP contribution in [0, 0.1) is 12.3 Å². The Kier molecular flexibility index (Phi) is 7.00. The van der Waals surface area contributed by atoms with Crippen molar-refractivity contribution in [3.63, 3.8) is 0 Å². The van der Waals surface area contributed by atoms with Gasteiger partial charge < -0.3 is 24.7 Å². The molecule has 2 aromatic carbocycles. The first-order valence-electron chi connectivity index (χ1n) is 13.5. The Labute approximate surface area is 233 Å². The van der Waals surface area contributed by atoms with Gasteiger partial charge in [0.25, 0.3) is 5.82 Å². The van der Waals surface area contributed by atoms with Gasteiger partial charge in [0.1, 0.15) is 18.1 Å². The zero-order valence-electron chi connectivity index (χ0n) is 22.6. The summed E-state index contributed by atoms with van der Waals surface area (Å²) in [5.74, 6) is 0.272. The Morgan fingerprint density at radius 2 is 2.02 bits per heavy atom. The number of anilines is 1. The Hall–Kier alpha value is -4.21. The summed E-state index contributed by atoms with van der Waals surface area (Å²) in [7, 11) is 0. The zero-order valence-corrected chi connectivity index (χ0v) is 22.6. The number of nitrogens with zero attached hydrogens (tertiary/aromatic N) is 2. The lowest BCUT2D eigenvalue weighted by molar-refractivity contribution is -0.739. The summed E-state index contributed by atoms with van der Waals surface area (Å²) in [6.45, 7) is 8.05. The molecule has 1 unspecified atom stereocenters. The number of benzene rings is 2. The van der Waals surface area contributed by atoms with Gasteiger partial charge in [0, 0.05) is 32.3 Å². The van der Waals surface area contributed by atoms with E-state index in [0.717, 1.165) is 67.1 Å². The number of hydrogen-bond donors (Lipinski definition) is 3. The minimum absolute atomic E-state index is 0.0458. The first-order chi connectivity index (χ1) is 19.4. The molecule has 3 aliphatic heterocycles. The van der Waals surface area contributed by atoms with Gasteiger partial charge in [-0.25, -0.2) is 10.1 Å². The second-order valence-electron chi connectivity index (χ2n) is 10.5. The van der Waals surface area contributed by atoms with E-state index in [0.29, 0.717) is 18.5 Å². The van der Waals surface area contributed by atoms with Crippen LogP contribution in [0.4, 0.5) is 5.82 Å². The number of hydrogen-bond acceptors (Lipinski definition) is 7. The van der Waals surface area contributed by atoms with Crippen LogP contribution in [0.5, 0.6) is 5.75 Å². The Bertz CT molecular complexity index is 1510. The molecule has 1 fully saturated rings. The molecule has 0 bridgehead atoms. The molecule has 6 rings (SSSR count). The highest BCUT2D eigenvalue weighted by Gasteiger charge is 2.34. The molecule has 3 aromatic rings. The monoisotopic (exact) mass is 541 g/mol. The first-order valence-corrected chi connectivity index (χ1v) is 13.5. The largest absolute Gasteiger partial charge is 0.488 e. The highest BCUT2D eigenvalue weighted by molar-refractivity contribution is 6.08. The smallest absolute Gasteiger partial charge is 0.345 e. The van der Waals surface area contributed by atoms with Crippen LogP contribution in [0.3, 0.4) is 0 Å². The number of rotatable bonds is 7. The molecule has 206 valence electrons. The van der Waals surface area contributed by atoms with Crippen molar-refractivity contribution in [2.24, 2.45) is 0 Å². The molecular formula is C31H33N4O5+. The van der Waals surface area contributed by atoms with E-state index in [2.05, 4.69) is 28.4 Å². The molecule has 0 saturated carbocycles. The van der Waals surface area contributed by atoms with Gasteiger partial charge in [-0.05, 0) is 53.8 Å². The molecule has 0 spiro atoms. The number of carboxylic acid groups (broad SMARTS) is 1. The maximum absolute atomic E-state index is 11.6. The normalized spacial score (nSPS) is 19.8. The van der Waals surface area contributed by atoms with Gasteiger partial charge >= 0.3 is 11.9 Å². The summed E-state index contributed by atoms with van der Waals surface area (Å²) in [6.07, 6.45) is 1.30. The fourth-order valence-electron chi connectivity index (χ4n) is 5.62. The number of carbonyl (C=O) groups is 1. The molecule has 9 nitrogen and oxygen atoms in total. The van der Waals surface area contributed by atoms with E-state index in [1.54, 1.807) is 0 Å². The number of nitrogens with one attached hydrogen (secondary N) is 2. The van der Waals surface area contributed by atoms with Crippen LogP contribution in [0.2, 0.25) is 0 Å². The fraction of sp³-hybridized carbons (Fsp3) is 0.323. The molecule has 0 radical (unpaired) electrons. The summed E-state index contributed by atoms with van der Waals surface area (Å²) in [6, 6.07) is 19.0. The average Bonchev–Trinajstić information content (AvgIpc) is 2.91. The van der Waals surface area contributed by atoms with Gasteiger partial charge in [0.05, 0.1) is 24.8 Å². The molecule has 40 heavy (non-hydrogen) atoms. The van der Waals surface area contributed by atoms with Crippen LogP contribution >= 0.6 is 0 Å². The Morgan fingerprint density at radius 3 is 2.77 bits per heavy atom. The number of pyridine rings is 1. The van der Waals surface area contributed by atoms with Crippen LogP contribution in [-0.4, -0.2) is 48.0 Å². The van der Waals surface area contributed by atoms with Crippen molar-refractivity contribution in [2.45, 2.75) is 45.7 Å². The van der Waals surface area contributed by atoms with E-state index >= 15 is 0 Å². The van der Waals surface area contributed by atoms with E-state index in [4.69, 9.17) is 19.6 Å². The van der Waals surface area contributed by atoms with Crippen molar-refractivity contribution in [2.75, 3.05) is 25.1 Å². The topological polar surface area (TPSA) is 108 Å². The second-order valence-corrected chi connectivity index (χ2v) is 10.5. The molecule has 1 atom stereocenters. The number of carboxylic acids is 1. The molecule has 0 aliphatic carbocycles. The summed E-state index contributed by atoms with van der Waals surface area (Å²) in [5.41, 5.74) is 6.47. The maximum atomic E-state index is 11.6. The highest BCUT2D eigenvalue weighted by Crippen LogP contribution is 2.35. The van der Waals surface area contributed by atoms with Crippen LogP contribution < -0.4 is 14.6 Å². The second kappa shape index (κ2) is 10.7. The minimum atomic E-state index is -1.23. The van der Waals surface area contributed by atoms with Gasteiger partial charge in [0.2, 0.25) is 6.23 Å². The third kappa shape index (κ3) is 4.82. The quantitative estimate of drug-likeness (QED) is 0.234. The summed E-state index contributed by atoms with van der Waals surface area (Å²) >= 11 is 0. The minimum Gasteiger partial charge on any atom is -0.488 e. The van der Waals surface area contributed by atoms with Crippen molar-refractivity contribution < 1.29 is 28.7 Å². The Morgan fingerprint density at radius 1 is 1.20 bits per heavy atom. The number of aryl methyl sites for hydroxylation is 1. The van der Waals surface area contributed by atoms with E-state index < -0.39 is 12.2 Å². The number of ether oxygens (including phenoxy) is 3. The Balaban J connectivity index is 1.27. The van der Waals surface area contributed by atoms with E-state index in [1.165, 1.54) is 11.1 Å². The van der Waals surface area contributed by atoms with E-state index in [9.17, 15) is 9.90 Å². The van der Waals surface area contributed by atoms with Gasteiger partial charge in [-0.2, -0.15) is 4.57 Å². The number of aromatic nitrogens is 1. The predicted molar refractivity (Wildman–Crippen MR) is 149 cm³/mol. The lowest BCUT2D eigenvalue weighted by atomic mass is 9.96. The van der Waals surface area contributed by atoms with Crippen LogP contribution in [0.15, 0.2) is 66.1 Å². The number of aliphatic carboxylic acids is 1. The molecule has 4 heterocycles.